The molecule has 2 N–H and O–H groups in total. The van der Waals surface area contributed by atoms with Gasteiger partial charge in [-0.05, 0) is 46.5 Å². The van der Waals surface area contributed by atoms with Crippen molar-refractivity contribution in [1.82, 2.24) is 0 Å². The molecule has 0 amide bonds. The predicted molar refractivity (Wildman–Crippen MR) is 80.5 cm³/mol. The standard InChI is InChI=1S/C13H13BrN2O2S/c1-8-6-12(19-13(8)14)11(15)7-9-2-4-10(5-3-9)16(17)18/h2-6,11H,7,15H2,1H3. The third-order valence-electron chi connectivity index (χ3n) is 2.84. The molecule has 100 valence electrons. The SMILES string of the molecule is Cc1cc(C(N)Cc2ccc([N+](=O)[O-])cc2)sc1Br. The number of benzene rings is 1. The van der Waals surface area contributed by atoms with E-state index in [0.29, 0.717) is 6.42 Å². The van der Waals surface area contributed by atoms with Gasteiger partial charge in [0.15, 0.2) is 0 Å². The van der Waals surface area contributed by atoms with Crippen molar-refractivity contribution in [1.29, 1.82) is 0 Å². The number of nitrogens with zero attached hydrogens (tertiary/aromatic N) is 1. The molecule has 4 nitrogen and oxygen atoms in total. The molecule has 1 aromatic carbocycles. The van der Waals surface area contributed by atoms with Gasteiger partial charge in [0, 0.05) is 23.1 Å². The molecule has 0 bridgehead atoms. The van der Waals surface area contributed by atoms with Crippen molar-refractivity contribution in [2.45, 2.75) is 19.4 Å². The number of nitro benzene ring substituents is 1. The molecular weight excluding hydrogens is 328 g/mol. The molecule has 1 atom stereocenters. The third-order valence-corrected chi connectivity index (χ3v) is 5.11. The van der Waals surface area contributed by atoms with Crippen LogP contribution in [0.5, 0.6) is 0 Å². The molecule has 0 aliphatic rings. The fraction of sp³-hybridized carbons (Fsp3) is 0.231. The van der Waals surface area contributed by atoms with Crippen LogP contribution >= 0.6 is 27.3 Å². The maximum Gasteiger partial charge on any atom is 0.269 e. The molecule has 1 heterocycles. The minimum absolute atomic E-state index is 0.0866. The van der Waals surface area contributed by atoms with E-state index in [9.17, 15) is 10.1 Å². The van der Waals surface area contributed by atoms with Crippen LogP contribution in [0.15, 0.2) is 34.1 Å². The Morgan fingerprint density at radius 2 is 2.05 bits per heavy atom. The minimum atomic E-state index is -0.399. The molecule has 1 unspecified atom stereocenters. The topological polar surface area (TPSA) is 69.2 Å². The Bertz CT molecular complexity index is 576. The smallest absolute Gasteiger partial charge is 0.269 e. The van der Waals surface area contributed by atoms with E-state index in [1.165, 1.54) is 17.7 Å². The van der Waals surface area contributed by atoms with Crippen molar-refractivity contribution in [3.8, 4) is 0 Å². The maximum absolute atomic E-state index is 10.6. The molecule has 0 aliphatic carbocycles. The van der Waals surface area contributed by atoms with Crippen LogP contribution in [-0.2, 0) is 6.42 Å². The van der Waals surface area contributed by atoms with Crippen LogP contribution in [0.3, 0.4) is 0 Å². The highest BCUT2D eigenvalue weighted by atomic mass is 79.9. The summed E-state index contributed by atoms with van der Waals surface area (Å²) in [4.78, 5) is 11.3. The average Bonchev–Trinajstić information content (AvgIpc) is 2.70. The number of nitro groups is 1. The lowest BCUT2D eigenvalue weighted by molar-refractivity contribution is -0.384. The van der Waals surface area contributed by atoms with Gasteiger partial charge >= 0.3 is 0 Å². The number of thiophene rings is 1. The zero-order valence-electron chi connectivity index (χ0n) is 10.3. The summed E-state index contributed by atoms with van der Waals surface area (Å²) in [5, 5.41) is 10.6. The van der Waals surface area contributed by atoms with Crippen LogP contribution in [0, 0.1) is 17.0 Å². The largest absolute Gasteiger partial charge is 0.323 e. The van der Waals surface area contributed by atoms with Gasteiger partial charge in [-0.15, -0.1) is 11.3 Å². The van der Waals surface area contributed by atoms with Crippen LogP contribution in [0.4, 0.5) is 5.69 Å². The quantitative estimate of drug-likeness (QED) is 0.676. The molecule has 1 aromatic heterocycles. The lowest BCUT2D eigenvalue weighted by Gasteiger charge is -2.09. The second-order valence-electron chi connectivity index (χ2n) is 4.34. The summed E-state index contributed by atoms with van der Waals surface area (Å²) in [6.45, 7) is 2.03. The Balaban J connectivity index is 2.10. The number of nitrogens with two attached hydrogens (primary N) is 1. The van der Waals surface area contributed by atoms with Crippen molar-refractivity contribution in [2.75, 3.05) is 0 Å². The highest BCUT2D eigenvalue weighted by molar-refractivity contribution is 9.11. The monoisotopic (exact) mass is 340 g/mol. The first-order valence-electron chi connectivity index (χ1n) is 5.72. The van der Waals surface area contributed by atoms with Crippen molar-refractivity contribution >= 4 is 33.0 Å². The summed E-state index contributed by atoms with van der Waals surface area (Å²) in [6.07, 6.45) is 0.671. The van der Waals surface area contributed by atoms with Crippen molar-refractivity contribution in [3.05, 3.63) is 60.2 Å². The summed E-state index contributed by atoms with van der Waals surface area (Å²) in [5.74, 6) is 0. The van der Waals surface area contributed by atoms with E-state index >= 15 is 0 Å². The Morgan fingerprint density at radius 3 is 2.53 bits per heavy atom. The van der Waals surface area contributed by atoms with E-state index in [4.69, 9.17) is 5.73 Å². The Kier molecular flexibility index (Phi) is 4.34. The second-order valence-corrected chi connectivity index (χ2v) is 6.74. The van der Waals surface area contributed by atoms with Crippen molar-refractivity contribution in [2.24, 2.45) is 5.73 Å². The van der Waals surface area contributed by atoms with Gasteiger partial charge in [-0.2, -0.15) is 0 Å². The predicted octanol–water partition coefficient (Wildman–Crippen LogP) is 3.97. The van der Waals surface area contributed by atoms with Gasteiger partial charge in [-0.25, -0.2) is 0 Å². The first kappa shape index (κ1) is 14.2. The summed E-state index contributed by atoms with van der Waals surface area (Å²) < 4.78 is 1.10. The van der Waals surface area contributed by atoms with Crippen LogP contribution in [-0.4, -0.2) is 4.92 Å². The fourth-order valence-electron chi connectivity index (χ4n) is 1.77. The molecule has 0 aliphatic heterocycles. The van der Waals surface area contributed by atoms with Crippen molar-refractivity contribution in [3.63, 3.8) is 0 Å². The molecule has 2 aromatic rings. The zero-order chi connectivity index (χ0) is 14.0. The van der Waals surface area contributed by atoms with E-state index in [2.05, 4.69) is 22.0 Å². The highest BCUT2D eigenvalue weighted by Crippen LogP contribution is 2.31. The number of rotatable bonds is 4. The molecule has 0 spiro atoms. The Labute approximate surface area is 123 Å². The molecule has 19 heavy (non-hydrogen) atoms. The normalized spacial score (nSPS) is 12.4. The molecular formula is C13H13BrN2O2S. The lowest BCUT2D eigenvalue weighted by atomic mass is 10.0. The van der Waals surface area contributed by atoms with Gasteiger partial charge < -0.3 is 5.73 Å². The van der Waals surface area contributed by atoms with Crippen LogP contribution in [0.25, 0.3) is 0 Å². The van der Waals surface area contributed by atoms with E-state index in [-0.39, 0.29) is 11.7 Å². The molecule has 0 saturated heterocycles. The van der Waals surface area contributed by atoms with Gasteiger partial charge in [0.2, 0.25) is 0 Å². The van der Waals surface area contributed by atoms with E-state index in [1.807, 2.05) is 6.92 Å². The first-order chi connectivity index (χ1) is 8.97. The number of aryl methyl sites for hydroxylation is 1. The van der Waals surface area contributed by atoms with Gasteiger partial charge in [0.1, 0.15) is 0 Å². The molecule has 2 rings (SSSR count). The molecule has 0 radical (unpaired) electrons. The Morgan fingerprint density at radius 1 is 1.42 bits per heavy atom. The van der Waals surface area contributed by atoms with E-state index < -0.39 is 4.92 Å². The van der Waals surface area contributed by atoms with E-state index in [1.54, 1.807) is 23.5 Å². The summed E-state index contributed by atoms with van der Waals surface area (Å²) >= 11 is 5.12. The summed E-state index contributed by atoms with van der Waals surface area (Å²) in [6, 6.07) is 8.53. The summed E-state index contributed by atoms with van der Waals surface area (Å²) in [5.41, 5.74) is 8.45. The van der Waals surface area contributed by atoms with Crippen molar-refractivity contribution < 1.29 is 4.92 Å². The minimum Gasteiger partial charge on any atom is -0.323 e. The van der Waals surface area contributed by atoms with Gasteiger partial charge in [0.25, 0.3) is 5.69 Å². The zero-order valence-corrected chi connectivity index (χ0v) is 12.7. The van der Waals surface area contributed by atoms with Crippen LogP contribution in [0.1, 0.15) is 22.0 Å². The molecule has 0 saturated carbocycles. The fourth-order valence-corrected chi connectivity index (χ4v) is 3.35. The third kappa shape index (κ3) is 3.40. The van der Waals surface area contributed by atoms with Crippen LogP contribution < -0.4 is 5.73 Å². The second kappa shape index (κ2) is 5.81. The highest BCUT2D eigenvalue weighted by Gasteiger charge is 2.12. The number of hydrogen-bond acceptors (Lipinski definition) is 4. The number of non-ortho nitro benzene ring substituents is 1. The Hall–Kier alpha value is -1.24. The lowest BCUT2D eigenvalue weighted by Crippen LogP contribution is -2.11. The van der Waals surface area contributed by atoms with Gasteiger partial charge in [0.05, 0.1) is 8.71 Å². The van der Waals surface area contributed by atoms with Crippen LogP contribution in [0.2, 0.25) is 0 Å². The summed E-state index contributed by atoms with van der Waals surface area (Å²) in [7, 11) is 0. The average molecular weight is 341 g/mol. The van der Waals surface area contributed by atoms with Gasteiger partial charge in [-0.1, -0.05) is 12.1 Å². The first-order valence-corrected chi connectivity index (χ1v) is 7.33. The number of hydrogen-bond donors (Lipinski definition) is 1. The maximum atomic E-state index is 10.6. The molecule has 6 heteroatoms. The number of halogens is 1. The van der Waals surface area contributed by atoms with E-state index in [0.717, 1.165) is 14.2 Å². The molecule has 0 fully saturated rings. The van der Waals surface area contributed by atoms with Gasteiger partial charge in [-0.3, -0.25) is 10.1 Å².